The topological polar surface area (TPSA) is 57.6 Å². The third kappa shape index (κ3) is 3.80. The molecule has 1 aliphatic rings. The largest absolute Gasteiger partial charge is 0.507 e. The molecule has 28 heavy (non-hydrogen) atoms. The first-order chi connectivity index (χ1) is 13.3. The maximum atomic E-state index is 12.8. The lowest BCUT2D eigenvalue weighted by Crippen LogP contribution is -2.30. The Labute approximate surface area is 174 Å². The smallest absolute Gasteiger partial charge is 0.295 e. The monoisotopic (exact) mass is 417 g/mol. The minimum Gasteiger partial charge on any atom is -0.507 e. The minimum absolute atomic E-state index is 0.0742. The molecule has 146 valence electrons. The number of Topliss-reactive ketones (excluding diaryl/α,β-unsaturated/α-hetero) is 1. The Morgan fingerprint density at radius 2 is 1.86 bits per heavy atom. The number of hydrogen-bond donors (Lipinski definition) is 1. The lowest BCUT2D eigenvalue weighted by atomic mass is 9.94. The van der Waals surface area contributed by atoms with Crippen LogP contribution in [0.5, 0.6) is 0 Å². The summed E-state index contributed by atoms with van der Waals surface area (Å²) < 4.78 is 0. The van der Waals surface area contributed by atoms with Crippen LogP contribution in [-0.2, 0) is 9.59 Å². The van der Waals surface area contributed by atoms with Crippen LogP contribution >= 0.6 is 23.2 Å². The summed E-state index contributed by atoms with van der Waals surface area (Å²) in [6.07, 6.45) is 1.65. The maximum Gasteiger partial charge on any atom is 0.295 e. The van der Waals surface area contributed by atoms with Gasteiger partial charge in [-0.15, -0.1) is 0 Å². The number of hydrogen-bond acceptors (Lipinski definition) is 3. The van der Waals surface area contributed by atoms with Gasteiger partial charge in [-0.3, -0.25) is 9.59 Å². The molecule has 1 amide bonds. The molecule has 0 radical (unpaired) electrons. The number of carbonyl (C=O) groups is 2. The first-order valence-electron chi connectivity index (χ1n) is 9.15. The van der Waals surface area contributed by atoms with Crippen LogP contribution in [0.1, 0.15) is 42.5 Å². The summed E-state index contributed by atoms with van der Waals surface area (Å²) in [7, 11) is 0. The number of rotatable bonds is 5. The number of aliphatic hydroxyl groups is 1. The number of aliphatic hydroxyl groups excluding tert-OH is 1. The highest BCUT2D eigenvalue weighted by Gasteiger charge is 2.45. The SMILES string of the molecule is CCCCN1C(=O)C(=O)/C(=C(\O)c2ccc(Cl)c(Cl)c2)C1c1cccc(C)c1. The van der Waals surface area contributed by atoms with E-state index in [0.717, 1.165) is 24.0 Å². The Hall–Kier alpha value is -2.30. The number of halogens is 2. The van der Waals surface area contributed by atoms with Gasteiger partial charge < -0.3 is 10.0 Å². The maximum absolute atomic E-state index is 12.8. The quantitative estimate of drug-likeness (QED) is 0.395. The zero-order valence-electron chi connectivity index (χ0n) is 15.7. The number of carbonyl (C=O) groups excluding carboxylic acids is 2. The van der Waals surface area contributed by atoms with Crippen molar-refractivity contribution in [3.8, 4) is 0 Å². The van der Waals surface area contributed by atoms with Crippen molar-refractivity contribution < 1.29 is 14.7 Å². The molecule has 0 aliphatic carbocycles. The molecule has 1 atom stereocenters. The Kier molecular flexibility index (Phi) is 6.11. The molecule has 4 nitrogen and oxygen atoms in total. The van der Waals surface area contributed by atoms with Crippen molar-refractivity contribution in [2.24, 2.45) is 0 Å². The highest BCUT2D eigenvalue weighted by molar-refractivity contribution is 6.46. The fraction of sp³-hybridized carbons (Fsp3) is 0.273. The van der Waals surface area contributed by atoms with Crippen molar-refractivity contribution in [1.82, 2.24) is 4.90 Å². The second kappa shape index (κ2) is 8.38. The van der Waals surface area contributed by atoms with E-state index >= 15 is 0 Å². The van der Waals surface area contributed by atoms with Crippen LogP contribution in [0.4, 0.5) is 0 Å². The van der Waals surface area contributed by atoms with Gasteiger partial charge in [0.15, 0.2) is 0 Å². The molecule has 0 saturated carbocycles. The fourth-order valence-corrected chi connectivity index (χ4v) is 3.72. The van der Waals surface area contributed by atoms with Crippen LogP contribution < -0.4 is 0 Å². The predicted molar refractivity (Wildman–Crippen MR) is 112 cm³/mol. The van der Waals surface area contributed by atoms with Crippen LogP contribution in [0.3, 0.4) is 0 Å². The van der Waals surface area contributed by atoms with Gasteiger partial charge in [-0.1, -0.05) is 66.4 Å². The van der Waals surface area contributed by atoms with E-state index in [1.54, 1.807) is 17.0 Å². The van der Waals surface area contributed by atoms with E-state index in [2.05, 4.69) is 0 Å². The summed E-state index contributed by atoms with van der Waals surface area (Å²) in [5, 5.41) is 11.6. The van der Waals surface area contributed by atoms with E-state index in [-0.39, 0.29) is 16.4 Å². The molecule has 2 aromatic carbocycles. The number of likely N-dealkylation sites (tertiary alicyclic amines) is 1. The predicted octanol–water partition coefficient (Wildman–Crippen LogP) is 5.52. The molecular weight excluding hydrogens is 397 g/mol. The van der Waals surface area contributed by atoms with Gasteiger partial charge in [0.1, 0.15) is 5.76 Å². The van der Waals surface area contributed by atoms with Gasteiger partial charge in [0.2, 0.25) is 0 Å². The third-order valence-electron chi connectivity index (χ3n) is 4.84. The lowest BCUT2D eigenvalue weighted by molar-refractivity contribution is -0.139. The van der Waals surface area contributed by atoms with E-state index in [1.807, 2.05) is 38.1 Å². The molecule has 6 heteroatoms. The summed E-state index contributed by atoms with van der Waals surface area (Å²) in [5.41, 5.74) is 2.22. The molecule has 1 aliphatic heterocycles. The first kappa shape index (κ1) is 20.4. The zero-order chi connectivity index (χ0) is 20.4. The summed E-state index contributed by atoms with van der Waals surface area (Å²) >= 11 is 12.0. The Bertz CT molecular complexity index is 968. The van der Waals surface area contributed by atoms with E-state index in [4.69, 9.17) is 23.2 Å². The van der Waals surface area contributed by atoms with Crippen molar-refractivity contribution in [3.63, 3.8) is 0 Å². The zero-order valence-corrected chi connectivity index (χ0v) is 17.2. The molecule has 1 heterocycles. The van der Waals surface area contributed by atoms with Gasteiger partial charge in [-0.05, 0) is 37.1 Å². The summed E-state index contributed by atoms with van der Waals surface area (Å²) in [6.45, 7) is 4.41. The van der Waals surface area contributed by atoms with Gasteiger partial charge >= 0.3 is 0 Å². The van der Waals surface area contributed by atoms with E-state index in [1.165, 1.54) is 6.07 Å². The van der Waals surface area contributed by atoms with Gasteiger partial charge in [0, 0.05) is 12.1 Å². The number of amides is 1. The average Bonchev–Trinajstić information content (AvgIpc) is 2.92. The van der Waals surface area contributed by atoms with Gasteiger partial charge in [0.25, 0.3) is 11.7 Å². The lowest BCUT2D eigenvalue weighted by Gasteiger charge is -2.25. The van der Waals surface area contributed by atoms with Crippen LogP contribution in [0.25, 0.3) is 5.76 Å². The van der Waals surface area contributed by atoms with Crippen molar-refractivity contribution in [3.05, 3.63) is 74.8 Å². The van der Waals surface area contributed by atoms with Gasteiger partial charge in [-0.25, -0.2) is 0 Å². The first-order valence-corrected chi connectivity index (χ1v) is 9.91. The molecule has 1 unspecified atom stereocenters. The number of ketones is 1. The van der Waals surface area contributed by atoms with Crippen LogP contribution in [0.15, 0.2) is 48.0 Å². The highest BCUT2D eigenvalue weighted by atomic mass is 35.5. The number of benzene rings is 2. The molecule has 0 aromatic heterocycles. The van der Waals surface area contributed by atoms with Crippen LogP contribution in [0.2, 0.25) is 10.0 Å². The van der Waals surface area contributed by atoms with Crippen molar-refractivity contribution in [2.45, 2.75) is 32.7 Å². The molecule has 1 N–H and O–H groups in total. The molecular formula is C22H21Cl2NO3. The van der Waals surface area contributed by atoms with E-state index in [9.17, 15) is 14.7 Å². The minimum atomic E-state index is -0.689. The van der Waals surface area contributed by atoms with Crippen molar-refractivity contribution >= 4 is 40.7 Å². The molecule has 0 spiro atoms. The highest BCUT2D eigenvalue weighted by Crippen LogP contribution is 2.40. The third-order valence-corrected chi connectivity index (χ3v) is 5.58. The number of aryl methyl sites for hydroxylation is 1. The standard InChI is InChI=1S/C22H21Cl2NO3/c1-3-4-10-25-19(14-7-5-6-13(2)11-14)18(21(27)22(25)28)20(26)15-8-9-16(23)17(24)12-15/h5-9,11-12,19,26H,3-4,10H2,1-2H3/b20-18-. The Balaban J connectivity index is 2.18. The summed E-state index contributed by atoms with van der Waals surface area (Å²) in [5.74, 6) is -1.53. The molecule has 2 aromatic rings. The Morgan fingerprint density at radius 1 is 1.11 bits per heavy atom. The van der Waals surface area contributed by atoms with E-state index < -0.39 is 17.7 Å². The van der Waals surface area contributed by atoms with E-state index in [0.29, 0.717) is 17.1 Å². The van der Waals surface area contributed by atoms with Crippen LogP contribution in [-0.4, -0.2) is 28.2 Å². The van der Waals surface area contributed by atoms with Crippen LogP contribution in [0, 0.1) is 6.92 Å². The molecule has 0 bridgehead atoms. The van der Waals surface area contributed by atoms with Crippen molar-refractivity contribution in [1.29, 1.82) is 0 Å². The second-order valence-electron chi connectivity index (χ2n) is 6.89. The van der Waals surface area contributed by atoms with Crippen molar-refractivity contribution in [2.75, 3.05) is 6.54 Å². The van der Waals surface area contributed by atoms with Gasteiger partial charge in [0.05, 0.1) is 21.7 Å². The normalized spacial score (nSPS) is 18.7. The molecule has 3 rings (SSSR count). The fourth-order valence-electron chi connectivity index (χ4n) is 3.42. The van der Waals surface area contributed by atoms with Gasteiger partial charge in [-0.2, -0.15) is 0 Å². The molecule has 1 fully saturated rings. The summed E-state index contributed by atoms with van der Waals surface area (Å²) in [6, 6.07) is 11.6. The Morgan fingerprint density at radius 3 is 2.50 bits per heavy atom. The summed E-state index contributed by atoms with van der Waals surface area (Å²) in [4.78, 5) is 27.1. The second-order valence-corrected chi connectivity index (χ2v) is 7.70. The number of nitrogens with zero attached hydrogens (tertiary/aromatic N) is 1. The average molecular weight is 418 g/mol. The number of unbranched alkanes of at least 4 members (excludes halogenated alkanes) is 1. The molecule has 1 saturated heterocycles.